The van der Waals surface area contributed by atoms with Crippen LogP contribution in [0.25, 0.3) is 0 Å². The summed E-state index contributed by atoms with van der Waals surface area (Å²) in [7, 11) is 0. The summed E-state index contributed by atoms with van der Waals surface area (Å²) in [5.41, 5.74) is 1.38. The molecule has 1 aliphatic carbocycles. The first kappa shape index (κ1) is 12.1. The van der Waals surface area contributed by atoms with Gasteiger partial charge < -0.3 is 5.32 Å². The van der Waals surface area contributed by atoms with Gasteiger partial charge in [0, 0.05) is 12.1 Å². The molecular weight excluding hydrogens is 217 g/mol. The van der Waals surface area contributed by atoms with Crippen molar-refractivity contribution in [1.82, 2.24) is 5.32 Å². The van der Waals surface area contributed by atoms with Crippen molar-refractivity contribution in [3.63, 3.8) is 0 Å². The molecule has 2 nitrogen and oxygen atoms in total. The van der Waals surface area contributed by atoms with Crippen LogP contribution in [0.15, 0.2) is 18.2 Å². The van der Waals surface area contributed by atoms with E-state index in [-0.39, 0.29) is 11.7 Å². The van der Waals surface area contributed by atoms with Gasteiger partial charge >= 0.3 is 0 Å². The number of amides is 1. The highest BCUT2D eigenvalue weighted by atomic mass is 19.1. The molecule has 17 heavy (non-hydrogen) atoms. The Balaban J connectivity index is 1.97. The van der Waals surface area contributed by atoms with Gasteiger partial charge in [0.25, 0.3) is 5.91 Å². The van der Waals surface area contributed by atoms with E-state index in [2.05, 4.69) is 12.2 Å². The summed E-state index contributed by atoms with van der Waals surface area (Å²) in [4.78, 5) is 11.9. The maximum Gasteiger partial charge on any atom is 0.251 e. The molecule has 1 fully saturated rings. The van der Waals surface area contributed by atoms with Crippen LogP contribution in [0.3, 0.4) is 0 Å². The highest BCUT2D eigenvalue weighted by Gasteiger charge is 2.40. The van der Waals surface area contributed by atoms with E-state index in [1.165, 1.54) is 25.0 Å². The highest BCUT2D eigenvalue weighted by Crippen LogP contribution is 2.47. The predicted molar refractivity (Wildman–Crippen MR) is 65.4 cm³/mol. The molecule has 1 saturated carbocycles. The molecule has 0 atom stereocenters. The van der Waals surface area contributed by atoms with Crippen molar-refractivity contribution in [2.24, 2.45) is 5.41 Å². The van der Waals surface area contributed by atoms with E-state index in [0.717, 1.165) is 13.0 Å². The average Bonchev–Trinajstić information content (AvgIpc) is 3.10. The van der Waals surface area contributed by atoms with Crippen LogP contribution in [0.2, 0.25) is 0 Å². The number of carbonyl (C=O) groups is 1. The van der Waals surface area contributed by atoms with Crippen LogP contribution < -0.4 is 5.32 Å². The Morgan fingerprint density at radius 2 is 2.18 bits per heavy atom. The Hall–Kier alpha value is -1.38. The molecule has 92 valence electrons. The first-order valence-corrected chi connectivity index (χ1v) is 6.11. The zero-order chi connectivity index (χ0) is 12.5. The summed E-state index contributed by atoms with van der Waals surface area (Å²) in [6, 6.07) is 4.47. The lowest BCUT2D eigenvalue weighted by atomic mass is 10.0. The molecule has 0 aliphatic heterocycles. The van der Waals surface area contributed by atoms with Gasteiger partial charge in [-0.15, -0.1) is 0 Å². The Morgan fingerprint density at radius 3 is 2.71 bits per heavy atom. The molecule has 3 heteroatoms. The molecule has 1 aromatic carbocycles. The van der Waals surface area contributed by atoms with Gasteiger partial charge in [-0.05, 0) is 55.4 Å². The predicted octanol–water partition coefficient (Wildman–Crippen LogP) is 3.05. The summed E-state index contributed by atoms with van der Waals surface area (Å²) in [6.07, 6.45) is 3.51. The third kappa shape index (κ3) is 2.65. The number of carbonyl (C=O) groups excluding carboxylic acids is 1. The first-order valence-electron chi connectivity index (χ1n) is 6.11. The van der Waals surface area contributed by atoms with Crippen LogP contribution >= 0.6 is 0 Å². The minimum absolute atomic E-state index is 0.104. The summed E-state index contributed by atoms with van der Waals surface area (Å²) in [6.45, 7) is 4.56. The number of nitrogens with one attached hydrogen (secondary N) is 1. The standard InChI is InChI=1S/C14H18FNO/c1-3-14(6-7-14)9-16-13(17)11-4-5-12(15)10(2)8-11/h4-5,8H,3,6-7,9H2,1-2H3,(H,16,17). The lowest BCUT2D eigenvalue weighted by Gasteiger charge is -2.13. The fraction of sp³-hybridized carbons (Fsp3) is 0.500. The molecular formula is C14H18FNO. The molecule has 1 aromatic rings. The van der Waals surface area contributed by atoms with Crippen LogP contribution in [-0.4, -0.2) is 12.5 Å². The Kier molecular flexibility index (Phi) is 3.18. The van der Waals surface area contributed by atoms with Gasteiger partial charge in [-0.2, -0.15) is 0 Å². The molecule has 0 aromatic heterocycles. The highest BCUT2D eigenvalue weighted by molar-refractivity contribution is 5.94. The van der Waals surface area contributed by atoms with E-state index in [1.807, 2.05) is 0 Å². The molecule has 0 radical (unpaired) electrons. The van der Waals surface area contributed by atoms with E-state index in [4.69, 9.17) is 0 Å². The molecule has 0 spiro atoms. The largest absolute Gasteiger partial charge is 0.351 e. The van der Waals surface area contributed by atoms with Crippen LogP contribution in [0, 0.1) is 18.2 Å². The smallest absolute Gasteiger partial charge is 0.251 e. The van der Waals surface area contributed by atoms with Crippen molar-refractivity contribution in [2.75, 3.05) is 6.54 Å². The molecule has 1 N–H and O–H groups in total. The second-order valence-electron chi connectivity index (χ2n) is 5.00. The van der Waals surface area contributed by atoms with E-state index in [1.54, 1.807) is 13.0 Å². The second-order valence-corrected chi connectivity index (χ2v) is 5.00. The Bertz CT molecular complexity index is 438. The van der Waals surface area contributed by atoms with Gasteiger partial charge in [-0.3, -0.25) is 4.79 Å². The number of aryl methyl sites for hydroxylation is 1. The fourth-order valence-electron chi connectivity index (χ4n) is 1.99. The van der Waals surface area contributed by atoms with E-state index < -0.39 is 0 Å². The lowest BCUT2D eigenvalue weighted by molar-refractivity contribution is 0.0944. The van der Waals surface area contributed by atoms with Crippen molar-refractivity contribution in [1.29, 1.82) is 0 Å². The van der Waals surface area contributed by atoms with Crippen molar-refractivity contribution >= 4 is 5.91 Å². The maximum absolute atomic E-state index is 13.1. The number of rotatable bonds is 4. The topological polar surface area (TPSA) is 29.1 Å². The fourth-order valence-corrected chi connectivity index (χ4v) is 1.99. The molecule has 2 rings (SSSR count). The molecule has 0 heterocycles. The maximum atomic E-state index is 13.1. The minimum atomic E-state index is -0.270. The Morgan fingerprint density at radius 1 is 1.47 bits per heavy atom. The van der Waals surface area contributed by atoms with Crippen molar-refractivity contribution in [3.05, 3.63) is 35.1 Å². The minimum Gasteiger partial charge on any atom is -0.351 e. The monoisotopic (exact) mass is 235 g/mol. The van der Waals surface area contributed by atoms with Gasteiger partial charge in [-0.25, -0.2) is 4.39 Å². The van der Waals surface area contributed by atoms with Crippen LogP contribution in [0.5, 0.6) is 0 Å². The molecule has 1 amide bonds. The van der Waals surface area contributed by atoms with Crippen LogP contribution in [-0.2, 0) is 0 Å². The summed E-state index contributed by atoms with van der Waals surface area (Å²) >= 11 is 0. The van der Waals surface area contributed by atoms with Crippen molar-refractivity contribution in [2.45, 2.75) is 33.1 Å². The average molecular weight is 235 g/mol. The third-order valence-corrected chi connectivity index (χ3v) is 3.75. The van der Waals surface area contributed by atoms with Crippen LogP contribution in [0.4, 0.5) is 4.39 Å². The van der Waals surface area contributed by atoms with Gasteiger partial charge in [0.15, 0.2) is 0 Å². The molecule has 0 unspecified atom stereocenters. The van der Waals surface area contributed by atoms with Crippen LogP contribution in [0.1, 0.15) is 42.1 Å². The SMILES string of the molecule is CCC1(CNC(=O)c2ccc(F)c(C)c2)CC1. The number of benzene rings is 1. The van der Waals surface area contributed by atoms with E-state index in [9.17, 15) is 9.18 Å². The summed E-state index contributed by atoms with van der Waals surface area (Å²) < 4.78 is 13.1. The number of halogens is 1. The normalized spacial score (nSPS) is 16.6. The molecule has 1 aliphatic rings. The molecule has 0 saturated heterocycles. The van der Waals surface area contributed by atoms with E-state index >= 15 is 0 Å². The zero-order valence-corrected chi connectivity index (χ0v) is 10.3. The molecule has 0 bridgehead atoms. The van der Waals surface area contributed by atoms with Gasteiger partial charge in [0.2, 0.25) is 0 Å². The number of hydrogen-bond acceptors (Lipinski definition) is 1. The zero-order valence-electron chi connectivity index (χ0n) is 10.3. The van der Waals surface area contributed by atoms with Gasteiger partial charge in [-0.1, -0.05) is 6.92 Å². The quantitative estimate of drug-likeness (QED) is 0.853. The van der Waals surface area contributed by atoms with Crippen molar-refractivity contribution < 1.29 is 9.18 Å². The summed E-state index contributed by atoms with van der Waals surface area (Å²) in [5.74, 6) is -0.374. The van der Waals surface area contributed by atoms with Gasteiger partial charge in [0.05, 0.1) is 0 Å². The van der Waals surface area contributed by atoms with E-state index in [0.29, 0.717) is 16.5 Å². The second kappa shape index (κ2) is 4.47. The number of hydrogen-bond donors (Lipinski definition) is 1. The third-order valence-electron chi connectivity index (χ3n) is 3.75. The van der Waals surface area contributed by atoms with Crippen molar-refractivity contribution in [3.8, 4) is 0 Å². The lowest BCUT2D eigenvalue weighted by Crippen LogP contribution is -2.30. The van der Waals surface area contributed by atoms with Gasteiger partial charge in [0.1, 0.15) is 5.82 Å². The Labute approximate surface area is 101 Å². The summed E-state index contributed by atoms with van der Waals surface area (Å²) in [5, 5.41) is 2.94. The first-order chi connectivity index (χ1) is 8.06.